The number of aromatic nitrogens is 4. The Kier molecular flexibility index (Phi) is 18.5. The van der Waals surface area contributed by atoms with Gasteiger partial charge in [-0.3, -0.25) is 29.1 Å². The predicted octanol–water partition coefficient (Wildman–Crippen LogP) is 6.11. The Morgan fingerprint density at radius 3 is 1.46 bits per heavy atom. The highest BCUT2D eigenvalue weighted by atomic mass is 16.5. The molecular formula is C58H83N15O5. The summed E-state index contributed by atoms with van der Waals surface area (Å²) in [6, 6.07) is 18.1. The summed E-state index contributed by atoms with van der Waals surface area (Å²) in [7, 11) is 4.42. The van der Waals surface area contributed by atoms with Crippen LogP contribution in [0, 0.1) is 5.92 Å². The van der Waals surface area contributed by atoms with Gasteiger partial charge in [0.2, 0.25) is 24.6 Å². The smallest absolute Gasteiger partial charge is 0.238 e. The van der Waals surface area contributed by atoms with Gasteiger partial charge in [-0.15, -0.1) is 0 Å². The van der Waals surface area contributed by atoms with Gasteiger partial charge in [0.05, 0.1) is 0 Å². The van der Waals surface area contributed by atoms with Crippen LogP contribution in [-0.4, -0.2) is 200 Å². The Hall–Kier alpha value is -6.19. The molecule has 0 radical (unpaired) electrons. The maximum Gasteiger partial charge on any atom is 0.238 e. The number of hydrogen-bond donors (Lipinski definition) is 4. The summed E-state index contributed by atoms with van der Waals surface area (Å²) in [4.78, 5) is 73.9. The van der Waals surface area contributed by atoms with Gasteiger partial charge < -0.3 is 50.3 Å². The van der Waals surface area contributed by atoms with Gasteiger partial charge in [-0.1, -0.05) is 13.8 Å². The molecule has 1 aliphatic carbocycles. The zero-order valence-corrected chi connectivity index (χ0v) is 46.5. The zero-order chi connectivity index (χ0) is 54.0. The van der Waals surface area contributed by atoms with E-state index < -0.39 is 0 Å². The summed E-state index contributed by atoms with van der Waals surface area (Å²) in [5.74, 6) is 2.52. The van der Waals surface area contributed by atoms with Crippen LogP contribution in [0.4, 0.5) is 46.0 Å². The lowest BCUT2D eigenvalue weighted by atomic mass is 10.00. The van der Waals surface area contributed by atoms with Crippen LogP contribution in [0.5, 0.6) is 11.8 Å². The van der Waals surface area contributed by atoms with Crippen molar-refractivity contribution < 1.29 is 23.9 Å². The highest BCUT2D eigenvalue weighted by Gasteiger charge is 2.34. The molecule has 5 aliphatic heterocycles. The number of likely N-dealkylation sites (N-methyl/N-ethyl adjacent to an activating group) is 2. The van der Waals surface area contributed by atoms with Crippen molar-refractivity contribution >= 4 is 64.6 Å². The van der Waals surface area contributed by atoms with E-state index in [9.17, 15) is 14.4 Å². The van der Waals surface area contributed by atoms with E-state index in [0.29, 0.717) is 110 Å². The fourth-order valence-corrected chi connectivity index (χ4v) is 12.4. The van der Waals surface area contributed by atoms with Crippen molar-refractivity contribution in [1.29, 1.82) is 0 Å². The summed E-state index contributed by atoms with van der Waals surface area (Å²) < 4.78 is 13.1. The van der Waals surface area contributed by atoms with Gasteiger partial charge in [-0.2, -0.15) is 9.97 Å². The number of ketones is 1. The molecule has 3 atom stereocenters. The largest absolute Gasteiger partial charge is 0.473 e. The molecule has 0 bridgehead atoms. The summed E-state index contributed by atoms with van der Waals surface area (Å²) in [6.45, 7) is 19.5. The second kappa shape index (κ2) is 26.2. The number of nitrogens with zero attached hydrogens (tertiary/aromatic N) is 11. The normalized spacial score (nSPS) is 22.6. The number of likely N-dealkylation sites (tertiary alicyclic amines) is 1. The van der Waals surface area contributed by atoms with E-state index in [4.69, 9.17) is 29.4 Å². The van der Waals surface area contributed by atoms with E-state index in [-0.39, 0.29) is 23.9 Å². The number of rotatable bonds is 22. The number of amides is 2. The fraction of sp³-hybridized carbons (Fsp3) is 0.603. The van der Waals surface area contributed by atoms with Crippen molar-refractivity contribution in [2.24, 2.45) is 5.92 Å². The first-order chi connectivity index (χ1) is 38.1. The lowest BCUT2D eigenvalue weighted by molar-refractivity contribution is -0.123. The van der Waals surface area contributed by atoms with Crippen molar-refractivity contribution in [3.8, 4) is 11.8 Å². The lowest BCUT2D eigenvalue weighted by Gasteiger charge is -2.42. The third-order valence-electron chi connectivity index (χ3n) is 17.3. The third kappa shape index (κ3) is 13.8. The number of piperazine rings is 2. The molecule has 2 aromatic carbocycles. The van der Waals surface area contributed by atoms with Crippen LogP contribution in [0.15, 0.2) is 48.5 Å². The molecule has 4 aromatic rings. The Balaban J connectivity index is 0.690. The number of hydrogen-bond acceptors (Lipinski definition) is 18. The van der Waals surface area contributed by atoms with Crippen LogP contribution in [0.2, 0.25) is 0 Å². The number of carbonyl (C=O) groups is 3. The van der Waals surface area contributed by atoms with Crippen LogP contribution in [0.1, 0.15) is 83.0 Å². The predicted molar refractivity (Wildman–Crippen MR) is 307 cm³/mol. The molecule has 1 saturated carbocycles. The Labute approximate surface area is 461 Å². The van der Waals surface area contributed by atoms with Crippen LogP contribution in [0.25, 0.3) is 0 Å². The Morgan fingerprint density at radius 2 is 1.01 bits per heavy atom. The number of ether oxygens (including phenoxy) is 2. The van der Waals surface area contributed by atoms with Crippen LogP contribution >= 0.6 is 0 Å². The van der Waals surface area contributed by atoms with E-state index >= 15 is 0 Å². The summed E-state index contributed by atoms with van der Waals surface area (Å²) in [5, 5.41) is 12.3. The van der Waals surface area contributed by atoms with Crippen molar-refractivity contribution in [2.45, 2.75) is 109 Å². The SMILES string of the molecule is CCc1nc(NC=O)c(Nc2ccc(N3CCC(N4CCN(C)CC4)CC3)cc2)nc1O[C@@H]1CCC(C(=O)CCN2CC[C@@H](Oc3nc(Nc4ccc(N5CCC(N6CCN(C)CC6)CC5)cc4)c(NC=O)nc3CC)C2)C1. The van der Waals surface area contributed by atoms with Gasteiger partial charge in [-0.05, 0) is 127 Å². The van der Waals surface area contributed by atoms with Crippen LogP contribution in [0.3, 0.4) is 0 Å². The van der Waals surface area contributed by atoms with Crippen molar-refractivity contribution in [2.75, 3.05) is 143 Å². The third-order valence-corrected chi connectivity index (χ3v) is 17.3. The molecule has 4 N–H and O–H groups in total. The number of Topliss-reactive ketones (excluding diaryl/α,β-unsaturated/α-hetero) is 1. The molecule has 5 saturated heterocycles. The van der Waals surface area contributed by atoms with Crippen LogP contribution < -0.4 is 40.5 Å². The number of benzene rings is 2. The van der Waals surface area contributed by atoms with Crippen LogP contribution in [-0.2, 0) is 27.2 Å². The molecule has 20 heteroatoms. The van der Waals surface area contributed by atoms with Gasteiger partial charge in [0.15, 0.2) is 23.3 Å². The lowest BCUT2D eigenvalue weighted by Crippen LogP contribution is -2.52. The second-order valence-electron chi connectivity index (χ2n) is 22.3. The topological polar surface area (TPSA) is 192 Å². The highest BCUT2D eigenvalue weighted by Crippen LogP contribution is 2.36. The first kappa shape index (κ1) is 55.1. The summed E-state index contributed by atoms with van der Waals surface area (Å²) in [6.07, 6.45) is 10.1. The number of nitrogens with one attached hydrogen (secondary N) is 4. The summed E-state index contributed by atoms with van der Waals surface area (Å²) >= 11 is 0. The molecule has 20 nitrogen and oxygen atoms in total. The van der Waals surface area contributed by atoms with Gasteiger partial charge >= 0.3 is 0 Å². The molecule has 6 aliphatic rings. The van der Waals surface area contributed by atoms with Crippen molar-refractivity contribution in [3.63, 3.8) is 0 Å². The number of aryl methyl sites for hydroxylation is 2. The van der Waals surface area contributed by atoms with Gasteiger partial charge in [0.1, 0.15) is 29.4 Å². The van der Waals surface area contributed by atoms with Gasteiger partial charge in [0.25, 0.3) is 0 Å². The quantitative estimate of drug-likeness (QED) is 0.0659. The maximum absolute atomic E-state index is 13.8. The molecule has 6 fully saturated rings. The summed E-state index contributed by atoms with van der Waals surface area (Å²) in [5.41, 5.74) is 5.37. The fourth-order valence-electron chi connectivity index (χ4n) is 12.4. The number of anilines is 8. The van der Waals surface area contributed by atoms with E-state index in [0.717, 1.165) is 116 Å². The standard InChI is InChI=1S/C58H83N15O5/c1-5-50-57(65-55(53(63-50)59-39-74)61-42-8-12-44(13-9-42)70-25-17-46(18-26-70)72-33-29-67(3)30-34-72)77-48-16-7-41(37-48)52(76)22-24-69-23-21-49(38-69)78-58-51(6-2)64-54(60-40-75)56(66-58)62-43-10-14-45(15-11-43)71-27-19-47(20-28-71)73-35-31-68(4)32-36-73/h8-15,39-41,46-49H,5-7,16-38H2,1-4H3,(H,61,65)(H,62,66)(H,59,63,74)(H,60,64,75)/t41?,48-,49-/m1/s1. The number of carbonyl (C=O) groups excluding carboxylic acids is 3. The van der Waals surface area contributed by atoms with Gasteiger partial charge in [-0.25, -0.2) is 9.97 Å². The average Bonchev–Trinajstić information content (AvgIpc) is 4.14. The number of piperidine rings is 2. The van der Waals surface area contributed by atoms with E-state index in [1.165, 1.54) is 37.1 Å². The molecule has 420 valence electrons. The minimum Gasteiger partial charge on any atom is -0.473 e. The molecule has 78 heavy (non-hydrogen) atoms. The molecule has 10 rings (SSSR count). The molecule has 7 heterocycles. The molecule has 2 aromatic heterocycles. The minimum atomic E-state index is -0.179. The molecule has 1 unspecified atom stereocenters. The zero-order valence-electron chi connectivity index (χ0n) is 46.5. The van der Waals surface area contributed by atoms with Crippen molar-refractivity contribution in [3.05, 3.63) is 59.9 Å². The van der Waals surface area contributed by atoms with E-state index in [1.54, 1.807) is 0 Å². The molecule has 0 spiro atoms. The van der Waals surface area contributed by atoms with E-state index in [2.05, 4.69) is 106 Å². The highest BCUT2D eigenvalue weighted by molar-refractivity contribution is 5.82. The first-order valence-corrected chi connectivity index (χ1v) is 29.0. The Bertz CT molecular complexity index is 2610. The Morgan fingerprint density at radius 1 is 0.551 bits per heavy atom. The van der Waals surface area contributed by atoms with Crippen molar-refractivity contribution in [1.82, 2.24) is 44.4 Å². The van der Waals surface area contributed by atoms with Gasteiger partial charge in [0, 0.05) is 145 Å². The first-order valence-electron chi connectivity index (χ1n) is 29.0. The average molecular weight is 1070 g/mol. The molecular weight excluding hydrogens is 987 g/mol. The second-order valence-corrected chi connectivity index (χ2v) is 22.3. The van der Waals surface area contributed by atoms with E-state index in [1.807, 2.05) is 26.0 Å². The minimum absolute atomic E-state index is 0.0971. The molecule has 2 amide bonds. The monoisotopic (exact) mass is 1070 g/mol. The maximum atomic E-state index is 13.8.